The van der Waals surface area contributed by atoms with Crippen LogP contribution in [0, 0.1) is 0 Å². The molecule has 0 atom stereocenters. The number of carbonyl (C=O) groups excluding carboxylic acids is 1. The summed E-state index contributed by atoms with van der Waals surface area (Å²) in [5, 5.41) is 7.48. The van der Waals surface area contributed by atoms with Gasteiger partial charge in [0.2, 0.25) is 0 Å². The van der Waals surface area contributed by atoms with Gasteiger partial charge in [-0.05, 0) is 12.1 Å². The number of H-pyrrole nitrogens is 1. The number of hydrogen-bond donors (Lipinski definition) is 1. The number of benzene rings is 1. The zero-order valence-corrected chi connectivity index (χ0v) is 9.01. The van der Waals surface area contributed by atoms with Gasteiger partial charge >= 0.3 is 0 Å². The van der Waals surface area contributed by atoms with Crippen LogP contribution in [-0.2, 0) is 0 Å². The molecule has 1 aromatic heterocycles. The number of hydrogen-bond acceptors (Lipinski definition) is 2. The normalized spacial score (nSPS) is 10.3. The molecule has 2 rings (SSSR count). The quantitative estimate of drug-likeness (QED) is 0.820. The molecule has 0 saturated heterocycles. The molecule has 0 spiro atoms. The number of carbonyl (C=O) groups is 1. The summed E-state index contributed by atoms with van der Waals surface area (Å²) in [6.45, 7) is 0. The van der Waals surface area contributed by atoms with Crippen molar-refractivity contribution in [3.63, 3.8) is 0 Å². The van der Waals surface area contributed by atoms with Crippen LogP contribution in [0.1, 0.15) is 10.5 Å². The predicted octanol–water partition coefficient (Wildman–Crippen LogP) is 3.20. The Kier molecular flexibility index (Phi) is 2.75. The van der Waals surface area contributed by atoms with E-state index in [2.05, 4.69) is 10.2 Å². The standard InChI is InChI=1S/C10H6Cl2N2O/c11-7-3-1-6(2-4-7)10-9(12)8(5-15)13-14-10/h1-5H,(H,13,14). The van der Waals surface area contributed by atoms with Crippen LogP contribution in [0.5, 0.6) is 0 Å². The number of rotatable bonds is 2. The van der Waals surface area contributed by atoms with Gasteiger partial charge in [0.05, 0.1) is 5.02 Å². The molecule has 0 aliphatic heterocycles. The van der Waals surface area contributed by atoms with Crippen LogP contribution in [-0.4, -0.2) is 16.5 Å². The van der Waals surface area contributed by atoms with Crippen molar-refractivity contribution in [2.24, 2.45) is 0 Å². The fourth-order valence-corrected chi connectivity index (χ4v) is 1.58. The molecule has 0 radical (unpaired) electrons. The Labute approximate surface area is 96.0 Å². The van der Waals surface area contributed by atoms with Crippen LogP contribution in [0.3, 0.4) is 0 Å². The molecule has 1 heterocycles. The Morgan fingerprint density at radius 3 is 2.40 bits per heavy atom. The molecular weight excluding hydrogens is 235 g/mol. The van der Waals surface area contributed by atoms with E-state index in [4.69, 9.17) is 23.2 Å². The van der Waals surface area contributed by atoms with Crippen molar-refractivity contribution in [3.05, 3.63) is 40.0 Å². The summed E-state index contributed by atoms with van der Waals surface area (Å²) >= 11 is 11.7. The molecule has 15 heavy (non-hydrogen) atoms. The van der Waals surface area contributed by atoms with Crippen LogP contribution in [0.25, 0.3) is 11.3 Å². The van der Waals surface area contributed by atoms with E-state index < -0.39 is 0 Å². The van der Waals surface area contributed by atoms with Crippen molar-refractivity contribution in [1.29, 1.82) is 0 Å². The monoisotopic (exact) mass is 240 g/mol. The third-order valence-corrected chi connectivity index (χ3v) is 2.60. The SMILES string of the molecule is O=Cc1[nH]nc(-c2ccc(Cl)cc2)c1Cl. The molecule has 0 aliphatic carbocycles. The number of aromatic nitrogens is 2. The van der Waals surface area contributed by atoms with Crippen molar-refractivity contribution in [2.75, 3.05) is 0 Å². The van der Waals surface area contributed by atoms with E-state index in [1.165, 1.54) is 0 Å². The maximum absolute atomic E-state index is 10.5. The van der Waals surface area contributed by atoms with Gasteiger partial charge in [0.15, 0.2) is 6.29 Å². The summed E-state index contributed by atoms with van der Waals surface area (Å²) in [4.78, 5) is 10.5. The second-order valence-electron chi connectivity index (χ2n) is 2.92. The highest BCUT2D eigenvalue weighted by atomic mass is 35.5. The first-order valence-corrected chi connectivity index (χ1v) is 4.93. The van der Waals surface area contributed by atoms with Crippen LogP contribution in [0.2, 0.25) is 10.0 Å². The fraction of sp³-hybridized carbons (Fsp3) is 0. The molecule has 0 bridgehead atoms. The van der Waals surface area contributed by atoms with Crippen molar-refractivity contribution in [1.82, 2.24) is 10.2 Å². The number of nitrogens with one attached hydrogen (secondary N) is 1. The number of aldehydes is 1. The zero-order valence-electron chi connectivity index (χ0n) is 7.50. The lowest BCUT2D eigenvalue weighted by molar-refractivity contribution is 0.111. The third kappa shape index (κ3) is 1.89. The Morgan fingerprint density at radius 2 is 1.87 bits per heavy atom. The first-order chi connectivity index (χ1) is 7.22. The van der Waals surface area contributed by atoms with E-state index in [1.807, 2.05) is 0 Å². The highest BCUT2D eigenvalue weighted by molar-refractivity contribution is 6.35. The van der Waals surface area contributed by atoms with Crippen LogP contribution in [0.15, 0.2) is 24.3 Å². The summed E-state index contributed by atoms with van der Waals surface area (Å²) in [6.07, 6.45) is 0.634. The maximum atomic E-state index is 10.5. The molecule has 3 nitrogen and oxygen atoms in total. The molecule has 1 N–H and O–H groups in total. The van der Waals surface area contributed by atoms with Gasteiger partial charge in [-0.15, -0.1) is 0 Å². The Morgan fingerprint density at radius 1 is 1.20 bits per heavy atom. The van der Waals surface area contributed by atoms with E-state index in [9.17, 15) is 4.79 Å². The van der Waals surface area contributed by atoms with Gasteiger partial charge in [0, 0.05) is 10.6 Å². The van der Waals surface area contributed by atoms with Crippen molar-refractivity contribution < 1.29 is 4.79 Å². The average Bonchev–Trinajstić information content (AvgIpc) is 2.61. The molecule has 0 aliphatic rings. The second kappa shape index (κ2) is 4.04. The highest BCUT2D eigenvalue weighted by Gasteiger charge is 2.11. The van der Waals surface area contributed by atoms with Crippen molar-refractivity contribution in [3.8, 4) is 11.3 Å². The van der Waals surface area contributed by atoms with E-state index >= 15 is 0 Å². The van der Waals surface area contributed by atoms with Gasteiger partial charge in [0.1, 0.15) is 11.4 Å². The van der Waals surface area contributed by atoms with E-state index in [0.29, 0.717) is 22.0 Å². The summed E-state index contributed by atoms with van der Waals surface area (Å²) in [5.74, 6) is 0. The molecule has 76 valence electrons. The third-order valence-electron chi connectivity index (χ3n) is 1.97. The molecule has 0 unspecified atom stereocenters. The predicted molar refractivity (Wildman–Crippen MR) is 59.4 cm³/mol. The highest BCUT2D eigenvalue weighted by Crippen LogP contribution is 2.28. The Balaban J connectivity index is 2.49. The summed E-state index contributed by atoms with van der Waals surface area (Å²) in [7, 11) is 0. The minimum atomic E-state index is 0.279. The zero-order chi connectivity index (χ0) is 10.8. The van der Waals surface area contributed by atoms with E-state index in [-0.39, 0.29) is 5.69 Å². The molecule has 0 fully saturated rings. The van der Waals surface area contributed by atoms with Crippen molar-refractivity contribution in [2.45, 2.75) is 0 Å². The van der Waals surface area contributed by atoms with E-state index in [0.717, 1.165) is 5.56 Å². The molecule has 2 aromatic rings. The first-order valence-electron chi connectivity index (χ1n) is 4.17. The summed E-state index contributed by atoms with van der Waals surface area (Å²) < 4.78 is 0. The van der Waals surface area contributed by atoms with Gasteiger partial charge in [-0.25, -0.2) is 0 Å². The molecular formula is C10H6Cl2N2O. The summed E-state index contributed by atoms with van der Waals surface area (Å²) in [6, 6.07) is 7.06. The van der Waals surface area contributed by atoms with Gasteiger partial charge in [-0.3, -0.25) is 9.89 Å². The first kappa shape index (κ1) is 10.2. The number of aromatic amines is 1. The molecule has 1 aromatic carbocycles. The lowest BCUT2D eigenvalue weighted by Crippen LogP contribution is -1.78. The molecule has 0 amide bonds. The van der Waals surface area contributed by atoms with Gasteiger partial charge in [-0.1, -0.05) is 35.3 Å². The van der Waals surface area contributed by atoms with E-state index in [1.54, 1.807) is 24.3 Å². The smallest absolute Gasteiger partial charge is 0.169 e. The Hall–Kier alpha value is -1.32. The second-order valence-corrected chi connectivity index (χ2v) is 3.74. The molecule has 0 saturated carbocycles. The topological polar surface area (TPSA) is 45.8 Å². The maximum Gasteiger partial charge on any atom is 0.169 e. The number of nitrogens with zero attached hydrogens (tertiary/aromatic N) is 1. The van der Waals surface area contributed by atoms with Gasteiger partial charge < -0.3 is 0 Å². The minimum absolute atomic E-state index is 0.279. The number of halogens is 2. The minimum Gasteiger partial charge on any atom is -0.296 e. The van der Waals surface area contributed by atoms with Crippen LogP contribution < -0.4 is 0 Å². The summed E-state index contributed by atoms with van der Waals surface area (Å²) in [5.41, 5.74) is 1.64. The average molecular weight is 241 g/mol. The van der Waals surface area contributed by atoms with Crippen molar-refractivity contribution >= 4 is 29.5 Å². The van der Waals surface area contributed by atoms with Gasteiger partial charge in [0.25, 0.3) is 0 Å². The van der Waals surface area contributed by atoms with Crippen LogP contribution >= 0.6 is 23.2 Å². The fourth-order valence-electron chi connectivity index (χ4n) is 1.22. The largest absolute Gasteiger partial charge is 0.296 e. The van der Waals surface area contributed by atoms with Crippen LogP contribution in [0.4, 0.5) is 0 Å². The molecule has 5 heteroatoms. The lowest BCUT2D eigenvalue weighted by atomic mass is 10.1. The lowest BCUT2D eigenvalue weighted by Gasteiger charge is -1.96. The Bertz CT molecular complexity index is 491. The van der Waals surface area contributed by atoms with Gasteiger partial charge in [-0.2, -0.15) is 5.10 Å².